The van der Waals surface area contributed by atoms with E-state index in [0.717, 1.165) is 31.2 Å². The van der Waals surface area contributed by atoms with E-state index in [4.69, 9.17) is 31.2 Å². The van der Waals surface area contributed by atoms with Crippen molar-refractivity contribution in [3.8, 4) is 0 Å². The van der Waals surface area contributed by atoms with E-state index in [-0.39, 0.29) is 0 Å². The largest absolute Gasteiger partial charge is 0.249 e. The average Bonchev–Trinajstić information content (AvgIpc) is 2.80. The molecule has 2 aliphatic rings. The van der Waals surface area contributed by atoms with Crippen molar-refractivity contribution in [3.63, 3.8) is 0 Å². The fourth-order valence-electron chi connectivity index (χ4n) is 2.10. The standard InChI is InChI=1S/C12H13ClO4/c13-10-5-3-9(4-6-10)11-14-16-12(17-15-11)7-1-2-8-12/h3-6,11H,1-2,7-8H2. The highest BCUT2D eigenvalue weighted by molar-refractivity contribution is 6.30. The third-order valence-electron chi connectivity index (χ3n) is 3.08. The van der Waals surface area contributed by atoms with E-state index < -0.39 is 12.1 Å². The minimum absolute atomic E-state index is 0.654. The van der Waals surface area contributed by atoms with Crippen LogP contribution < -0.4 is 0 Å². The summed E-state index contributed by atoms with van der Waals surface area (Å²) in [6, 6.07) is 7.16. The number of rotatable bonds is 1. The lowest BCUT2D eigenvalue weighted by Gasteiger charge is -2.34. The molecule has 5 heteroatoms. The molecule has 2 fully saturated rings. The highest BCUT2D eigenvalue weighted by atomic mass is 35.5. The van der Waals surface area contributed by atoms with Crippen molar-refractivity contribution in [2.75, 3.05) is 0 Å². The Morgan fingerprint density at radius 3 is 2.18 bits per heavy atom. The Kier molecular flexibility index (Phi) is 3.06. The Hall–Kier alpha value is -0.650. The number of halogens is 1. The summed E-state index contributed by atoms with van der Waals surface area (Å²) in [5.74, 6) is -0.692. The molecule has 0 atom stereocenters. The van der Waals surface area contributed by atoms with Crippen LogP contribution in [0.3, 0.4) is 0 Å². The van der Waals surface area contributed by atoms with Crippen LogP contribution in [0.1, 0.15) is 37.5 Å². The van der Waals surface area contributed by atoms with E-state index >= 15 is 0 Å². The van der Waals surface area contributed by atoms with Gasteiger partial charge in [0.2, 0.25) is 12.1 Å². The maximum atomic E-state index is 5.80. The first-order chi connectivity index (χ1) is 8.27. The minimum atomic E-state index is -0.692. The predicted octanol–water partition coefficient (Wildman–Crippen LogP) is 3.52. The molecule has 1 saturated carbocycles. The second-order valence-corrected chi connectivity index (χ2v) is 4.80. The van der Waals surface area contributed by atoms with Crippen LogP contribution in [0.25, 0.3) is 0 Å². The summed E-state index contributed by atoms with van der Waals surface area (Å²) in [6.07, 6.45) is 3.09. The molecule has 0 amide bonds. The highest BCUT2D eigenvalue weighted by Crippen LogP contribution is 2.40. The molecule has 0 N–H and O–H groups in total. The SMILES string of the molecule is Clc1ccc(C2OOC3(CCCC3)OO2)cc1. The molecule has 0 unspecified atom stereocenters. The Morgan fingerprint density at radius 2 is 1.59 bits per heavy atom. The zero-order valence-corrected chi connectivity index (χ0v) is 9.98. The molecule has 1 aliphatic carbocycles. The average molecular weight is 257 g/mol. The predicted molar refractivity (Wildman–Crippen MR) is 59.7 cm³/mol. The maximum Gasteiger partial charge on any atom is 0.249 e. The third-order valence-corrected chi connectivity index (χ3v) is 3.33. The fraction of sp³-hybridized carbons (Fsp3) is 0.500. The summed E-state index contributed by atoms with van der Waals surface area (Å²) in [4.78, 5) is 21.2. The number of hydrogen-bond donors (Lipinski definition) is 0. The van der Waals surface area contributed by atoms with Crippen LogP contribution in [0.4, 0.5) is 0 Å². The molecule has 17 heavy (non-hydrogen) atoms. The van der Waals surface area contributed by atoms with Crippen molar-refractivity contribution in [1.29, 1.82) is 0 Å². The van der Waals surface area contributed by atoms with Crippen molar-refractivity contribution in [2.45, 2.75) is 37.8 Å². The quantitative estimate of drug-likeness (QED) is 0.721. The topological polar surface area (TPSA) is 36.9 Å². The molecular weight excluding hydrogens is 244 g/mol. The normalized spacial score (nSPS) is 24.3. The molecule has 1 heterocycles. The fourth-order valence-corrected chi connectivity index (χ4v) is 2.23. The first-order valence-corrected chi connectivity index (χ1v) is 6.10. The van der Waals surface area contributed by atoms with Crippen LogP contribution in [-0.2, 0) is 19.6 Å². The Balaban J connectivity index is 1.66. The van der Waals surface area contributed by atoms with Gasteiger partial charge < -0.3 is 0 Å². The van der Waals surface area contributed by atoms with Crippen LogP contribution in [0.2, 0.25) is 5.02 Å². The number of benzene rings is 1. The van der Waals surface area contributed by atoms with Crippen LogP contribution >= 0.6 is 11.6 Å². The van der Waals surface area contributed by atoms with Gasteiger partial charge in [-0.15, -0.1) is 0 Å². The zero-order valence-electron chi connectivity index (χ0n) is 9.23. The van der Waals surface area contributed by atoms with E-state index in [9.17, 15) is 0 Å². The van der Waals surface area contributed by atoms with Gasteiger partial charge in [0.25, 0.3) is 0 Å². The van der Waals surface area contributed by atoms with Crippen molar-refractivity contribution < 1.29 is 19.6 Å². The van der Waals surface area contributed by atoms with Gasteiger partial charge in [0.15, 0.2) is 0 Å². The molecule has 0 bridgehead atoms. The molecule has 0 radical (unpaired) electrons. The molecule has 3 rings (SSSR count). The molecular formula is C12H13ClO4. The first-order valence-electron chi connectivity index (χ1n) is 5.72. The van der Waals surface area contributed by atoms with Gasteiger partial charge in [0.05, 0.1) is 0 Å². The van der Waals surface area contributed by atoms with Crippen LogP contribution in [0.5, 0.6) is 0 Å². The van der Waals surface area contributed by atoms with Gasteiger partial charge in [0.1, 0.15) is 0 Å². The van der Waals surface area contributed by atoms with Crippen LogP contribution in [0, 0.1) is 0 Å². The first kappa shape index (κ1) is 11.4. The van der Waals surface area contributed by atoms with Crippen molar-refractivity contribution in [3.05, 3.63) is 34.9 Å². The minimum Gasteiger partial charge on any atom is -0.195 e. The Bertz CT molecular complexity index is 376. The van der Waals surface area contributed by atoms with Gasteiger partial charge in [-0.05, 0) is 25.0 Å². The van der Waals surface area contributed by atoms with E-state index in [2.05, 4.69) is 0 Å². The summed E-state index contributed by atoms with van der Waals surface area (Å²) >= 11 is 5.80. The Labute approximate surface area is 104 Å². The summed E-state index contributed by atoms with van der Waals surface area (Å²) in [6.45, 7) is 0. The van der Waals surface area contributed by atoms with Gasteiger partial charge >= 0.3 is 0 Å². The number of hydrogen-bond acceptors (Lipinski definition) is 4. The molecule has 4 nitrogen and oxygen atoms in total. The maximum absolute atomic E-state index is 5.80. The van der Waals surface area contributed by atoms with Crippen molar-refractivity contribution in [1.82, 2.24) is 0 Å². The van der Waals surface area contributed by atoms with Crippen LogP contribution in [0.15, 0.2) is 24.3 Å². The van der Waals surface area contributed by atoms with Gasteiger partial charge in [0, 0.05) is 23.4 Å². The van der Waals surface area contributed by atoms with E-state index in [1.54, 1.807) is 12.1 Å². The monoisotopic (exact) mass is 256 g/mol. The molecule has 1 aromatic rings. The highest BCUT2D eigenvalue weighted by Gasteiger charge is 2.44. The van der Waals surface area contributed by atoms with E-state index in [1.807, 2.05) is 12.1 Å². The molecule has 1 saturated heterocycles. The van der Waals surface area contributed by atoms with Crippen molar-refractivity contribution in [2.24, 2.45) is 0 Å². The Morgan fingerprint density at radius 1 is 1.00 bits per heavy atom. The summed E-state index contributed by atoms with van der Waals surface area (Å²) in [5, 5.41) is 0.665. The van der Waals surface area contributed by atoms with Gasteiger partial charge in [-0.25, -0.2) is 0 Å². The van der Waals surface area contributed by atoms with Crippen molar-refractivity contribution >= 4 is 11.6 Å². The summed E-state index contributed by atoms with van der Waals surface area (Å²) in [5.41, 5.74) is 0.808. The lowest BCUT2D eigenvalue weighted by molar-refractivity contribution is -0.629. The summed E-state index contributed by atoms with van der Waals surface area (Å²) in [7, 11) is 0. The molecule has 0 aromatic heterocycles. The lowest BCUT2D eigenvalue weighted by atomic mass is 10.2. The molecule has 92 valence electrons. The second-order valence-electron chi connectivity index (χ2n) is 4.36. The summed E-state index contributed by atoms with van der Waals surface area (Å²) < 4.78 is 0. The van der Waals surface area contributed by atoms with Crippen LogP contribution in [-0.4, -0.2) is 5.79 Å². The smallest absolute Gasteiger partial charge is 0.195 e. The van der Waals surface area contributed by atoms with Gasteiger partial charge in [-0.2, -0.15) is 19.6 Å². The second kappa shape index (κ2) is 4.55. The molecule has 1 spiro atoms. The lowest BCUT2D eigenvalue weighted by Crippen LogP contribution is -2.38. The van der Waals surface area contributed by atoms with Gasteiger partial charge in [-0.1, -0.05) is 23.7 Å². The van der Waals surface area contributed by atoms with E-state index in [0.29, 0.717) is 5.02 Å². The molecule has 1 aliphatic heterocycles. The van der Waals surface area contributed by atoms with E-state index in [1.165, 1.54) is 0 Å². The zero-order chi connectivity index (χ0) is 11.7. The van der Waals surface area contributed by atoms with Gasteiger partial charge in [-0.3, -0.25) is 0 Å². The molecule has 1 aromatic carbocycles. The third kappa shape index (κ3) is 2.32.